The fourth-order valence-corrected chi connectivity index (χ4v) is 1.75. The highest BCUT2D eigenvalue weighted by atomic mass is 16.7. The van der Waals surface area contributed by atoms with Gasteiger partial charge in [-0.15, -0.1) is 0 Å². The van der Waals surface area contributed by atoms with E-state index in [4.69, 9.17) is 9.47 Å². The van der Waals surface area contributed by atoms with Crippen molar-refractivity contribution in [3.05, 3.63) is 24.3 Å². The predicted octanol–water partition coefficient (Wildman–Crippen LogP) is 3.62. The zero-order valence-electron chi connectivity index (χ0n) is 13.0. The molecule has 0 radical (unpaired) electrons. The summed E-state index contributed by atoms with van der Waals surface area (Å²) in [5.74, 6) is -0.106. The normalized spacial score (nSPS) is 11.8. The third kappa shape index (κ3) is 11.9. The van der Waals surface area contributed by atoms with Crippen LogP contribution in [0, 0.1) is 0 Å². The zero-order valence-corrected chi connectivity index (χ0v) is 13.0. The van der Waals surface area contributed by atoms with Crippen LogP contribution in [0.1, 0.15) is 44.9 Å². The van der Waals surface area contributed by atoms with E-state index >= 15 is 0 Å². The van der Waals surface area contributed by atoms with Gasteiger partial charge >= 0.3 is 5.97 Å². The van der Waals surface area contributed by atoms with Crippen molar-refractivity contribution in [2.75, 3.05) is 21.3 Å². The highest BCUT2D eigenvalue weighted by molar-refractivity contribution is 5.68. The lowest BCUT2D eigenvalue weighted by molar-refractivity contribution is -0.140. The largest absolute Gasteiger partial charge is 0.469 e. The summed E-state index contributed by atoms with van der Waals surface area (Å²) in [6.07, 6.45) is 14.9. The Hall–Kier alpha value is -1.13. The Bertz CT molecular complexity index is 280. The summed E-state index contributed by atoms with van der Waals surface area (Å²) in [6.45, 7) is 0. The second kappa shape index (κ2) is 14.3. The molecule has 0 aliphatic rings. The molecule has 0 heterocycles. The molecule has 0 saturated heterocycles. The molecule has 0 fully saturated rings. The van der Waals surface area contributed by atoms with Gasteiger partial charge in [-0.25, -0.2) is 0 Å². The van der Waals surface area contributed by atoms with E-state index in [0.717, 1.165) is 19.3 Å². The Kier molecular flexibility index (Phi) is 13.5. The van der Waals surface area contributed by atoms with Crippen LogP contribution in [0.4, 0.5) is 0 Å². The number of methoxy groups -OCH3 is 3. The van der Waals surface area contributed by atoms with Crippen molar-refractivity contribution in [2.24, 2.45) is 0 Å². The fraction of sp³-hybridized carbons (Fsp3) is 0.688. The Balaban J connectivity index is 3.37. The van der Waals surface area contributed by atoms with E-state index < -0.39 is 0 Å². The lowest BCUT2D eigenvalue weighted by Gasteiger charge is -2.06. The molecule has 4 heteroatoms. The minimum Gasteiger partial charge on any atom is -0.469 e. The van der Waals surface area contributed by atoms with Gasteiger partial charge in [0.05, 0.1) is 7.11 Å². The number of ether oxygens (including phenoxy) is 3. The van der Waals surface area contributed by atoms with Crippen LogP contribution in [-0.4, -0.2) is 33.6 Å². The Morgan fingerprint density at radius 3 is 2.25 bits per heavy atom. The van der Waals surface area contributed by atoms with Gasteiger partial charge in [-0.2, -0.15) is 0 Å². The van der Waals surface area contributed by atoms with E-state index in [-0.39, 0.29) is 12.3 Å². The summed E-state index contributed by atoms with van der Waals surface area (Å²) in [6, 6.07) is 0. The summed E-state index contributed by atoms with van der Waals surface area (Å²) in [4.78, 5) is 10.9. The molecular weight excluding hydrogens is 256 g/mol. The lowest BCUT2D eigenvalue weighted by atomic mass is 10.1. The summed E-state index contributed by atoms with van der Waals surface area (Å²) in [5.41, 5.74) is 0. The molecular formula is C16H28O4. The van der Waals surface area contributed by atoms with Crippen LogP contribution in [0.5, 0.6) is 0 Å². The minimum absolute atomic E-state index is 0.106. The standard InChI is InChI=1S/C16H28O4/c1-18-15(17)13-11-9-7-5-4-6-8-10-12-14-16(19-2)20-3/h8,10,12,14,16H,4-7,9,11,13H2,1-3H3/b10-8+,14-12+. The van der Waals surface area contributed by atoms with Gasteiger partial charge in [0.2, 0.25) is 0 Å². The average Bonchev–Trinajstić information content (AvgIpc) is 2.48. The van der Waals surface area contributed by atoms with Crippen molar-refractivity contribution >= 4 is 5.97 Å². The number of esters is 1. The first kappa shape index (κ1) is 18.9. The first-order valence-corrected chi connectivity index (χ1v) is 7.20. The first-order valence-electron chi connectivity index (χ1n) is 7.20. The minimum atomic E-state index is -0.269. The van der Waals surface area contributed by atoms with E-state index in [0.29, 0.717) is 6.42 Å². The molecule has 0 aromatic carbocycles. The highest BCUT2D eigenvalue weighted by Gasteiger charge is 1.98. The van der Waals surface area contributed by atoms with Crippen LogP contribution >= 0.6 is 0 Å². The van der Waals surface area contributed by atoms with Crippen molar-refractivity contribution in [3.63, 3.8) is 0 Å². The molecule has 0 aliphatic heterocycles. The molecule has 20 heavy (non-hydrogen) atoms. The van der Waals surface area contributed by atoms with Crippen LogP contribution in [0.15, 0.2) is 24.3 Å². The van der Waals surface area contributed by atoms with Crippen molar-refractivity contribution in [2.45, 2.75) is 51.2 Å². The average molecular weight is 284 g/mol. The third-order valence-electron chi connectivity index (χ3n) is 2.96. The van der Waals surface area contributed by atoms with Gasteiger partial charge < -0.3 is 14.2 Å². The van der Waals surface area contributed by atoms with Gasteiger partial charge in [-0.3, -0.25) is 4.79 Å². The van der Waals surface area contributed by atoms with Gasteiger partial charge in [-0.1, -0.05) is 37.5 Å². The van der Waals surface area contributed by atoms with Crippen LogP contribution in [-0.2, 0) is 19.0 Å². The SMILES string of the molecule is COC(=O)CCCCCCC/C=C/C=C/C(OC)OC. The van der Waals surface area contributed by atoms with Gasteiger partial charge in [0, 0.05) is 20.6 Å². The lowest BCUT2D eigenvalue weighted by Crippen LogP contribution is -2.08. The number of carbonyl (C=O) groups is 1. The third-order valence-corrected chi connectivity index (χ3v) is 2.96. The van der Waals surface area contributed by atoms with Gasteiger partial charge in [0.25, 0.3) is 0 Å². The number of allylic oxidation sites excluding steroid dienone is 3. The van der Waals surface area contributed by atoms with Gasteiger partial charge in [0.1, 0.15) is 0 Å². The van der Waals surface area contributed by atoms with Crippen molar-refractivity contribution in [3.8, 4) is 0 Å². The van der Waals surface area contributed by atoms with E-state index in [9.17, 15) is 4.79 Å². The highest BCUT2D eigenvalue weighted by Crippen LogP contribution is 2.08. The molecule has 0 aromatic rings. The molecule has 0 rings (SSSR count). The molecule has 0 aromatic heterocycles. The number of carbonyl (C=O) groups excluding carboxylic acids is 1. The van der Waals surface area contributed by atoms with Crippen LogP contribution < -0.4 is 0 Å². The number of hydrogen-bond donors (Lipinski definition) is 0. The quantitative estimate of drug-likeness (QED) is 0.238. The maximum Gasteiger partial charge on any atom is 0.305 e. The molecule has 0 atom stereocenters. The summed E-state index contributed by atoms with van der Waals surface area (Å²) >= 11 is 0. The second-order valence-electron chi connectivity index (χ2n) is 4.54. The predicted molar refractivity (Wildman–Crippen MR) is 80.4 cm³/mol. The van der Waals surface area contributed by atoms with Crippen molar-refractivity contribution in [1.82, 2.24) is 0 Å². The fourth-order valence-electron chi connectivity index (χ4n) is 1.75. The maximum atomic E-state index is 10.9. The van der Waals surface area contributed by atoms with Crippen molar-refractivity contribution < 1.29 is 19.0 Å². The first-order chi connectivity index (χ1) is 9.74. The summed E-state index contributed by atoms with van der Waals surface area (Å²) < 4.78 is 14.7. The molecule has 0 amide bonds. The molecule has 0 unspecified atom stereocenters. The van der Waals surface area contributed by atoms with E-state index in [1.54, 1.807) is 14.2 Å². The smallest absolute Gasteiger partial charge is 0.305 e. The summed E-state index contributed by atoms with van der Waals surface area (Å²) in [7, 11) is 4.66. The van der Waals surface area contributed by atoms with Crippen LogP contribution in [0.3, 0.4) is 0 Å². The molecule has 0 bridgehead atoms. The molecule has 0 aliphatic carbocycles. The van der Waals surface area contributed by atoms with Crippen molar-refractivity contribution in [1.29, 1.82) is 0 Å². The molecule has 4 nitrogen and oxygen atoms in total. The Morgan fingerprint density at radius 1 is 0.950 bits per heavy atom. The van der Waals surface area contributed by atoms with Crippen LogP contribution in [0.25, 0.3) is 0 Å². The molecule has 116 valence electrons. The number of rotatable bonds is 12. The second-order valence-corrected chi connectivity index (χ2v) is 4.54. The Morgan fingerprint density at radius 2 is 1.60 bits per heavy atom. The number of hydrogen-bond acceptors (Lipinski definition) is 4. The van der Waals surface area contributed by atoms with Gasteiger partial charge in [0.15, 0.2) is 6.29 Å². The van der Waals surface area contributed by atoms with E-state index in [1.807, 2.05) is 18.2 Å². The molecule has 0 saturated carbocycles. The molecule has 0 spiro atoms. The molecule has 0 N–H and O–H groups in total. The van der Waals surface area contributed by atoms with E-state index in [2.05, 4.69) is 10.8 Å². The monoisotopic (exact) mass is 284 g/mol. The summed E-state index contributed by atoms with van der Waals surface area (Å²) in [5, 5.41) is 0. The van der Waals surface area contributed by atoms with E-state index in [1.165, 1.54) is 26.4 Å². The maximum absolute atomic E-state index is 10.9. The number of unbranched alkanes of at least 4 members (excludes halogenated alkanes) is 5. The Labute approximate surface area is 122 Å². The topological polar surface area (TPSA) is 44.8 Å². The van der Waals surface area contributed by atoms with Crippen LogP contribution in [0.2, 0.25) is 0 Å². The van der Waals surface area contributed by atoms with Gasteiger partial charge in [-0.05, 0) is 25.3 Å². The zero-order chi connectivity index (χ0) is 15.1.